The van der Waals surface area contributed by atoms with Gasteiger partial charge in [0.25, 0.3) is 0 Å². The number of anilines is 2. The van der Waals surface area contributed by atoms with E-state index in [-0.39, 0.29) is 5.82 Å². The predicted molar refractivity (Wildman–Crippen MR) is 108 cm³/mol. The van der Waals surface area contributed by atoms with E-state index < -0.39 is 0 Å². The molecule has 3 aromatic rings. The van der Waals surface area contributed by atoms with Gasteiger partial charge < -0.3 is 10.6 Å². The highest BCUT2D eigenvalue weighted by Gasteiger charge is 2.13. The Labute approximate surface area is 158 Å². The molecule has 0 saturated heterocycles. The number of nitrogens with one attached hydrogen (secondary N) is 2. The number of halogens is 1. The molecule has 1 aromatic heterocycles. The summed E-state index contributed by atoms with van der Waals surface area (Å²) in [6.07, 6.45) is 0. The molecule has 3 rings (SSSR count). The molecule has 0 aliphatic rings. The van der Waals surface area contributed by atoms with Crippen LogP contribution in [0.1, 0.15) is 22.5 Å². The quantitative estimate of drug-likeness (QED) is 0.649. The van der Waals surface area contributed by atoms with Crippen LogP contribution in [0.4, 0.5) is 15.8 Å². The van der Waals surface area contributed by atoms with Crippen molar-refractivity contribution in [3.05, 3.63) is 76.9 Å². The molecule has 6 heteroatoms. The largest absolute Gasteiger partial charge is 0.332 e. The van der Waals surface area contributed by atoms with Gasteiger partial charge in [0.05, 0.1) is 23.6 Å². The molecule has 0 saturated carbocycles. The molecule has 134 valence electrons. The second-order valence-electron chi connectivity index (χ2n) is 6.28. The molecule has 0 bridgehead atoms. The smallest absolute Gasteiger partial charge is 0.175 e. The second-order valence-corrected chi connectivity index (χ2v) is 6.69. The van der Waals surface area contributed by atoms with Gasteiger partial charge in [-0.05, 0) is 56.8 Å². The molecule has 0 radical (unpaired) electrons. The minimum atomic E-state index is -0.309. The summed E-state index contributed by atoms with van der Waals surface area (Å²) in [6.45, 7) is 6.70. The van der Waals surface area contributed by atoms with Crippen molar-refractivity contribution in [1.29, 1.82) is 0 Å². The predicted octanol–water partition coefficient (Wildman–Crippen LogP) is 4.80. The molecule has 1 heterocycles. The number of rotatable bonds is 4. The first-order valence-corrected chi connectivity index (χ1v) is 8.76. The van der Waals surface area contributed by atoms with Crippen molar-refractivity contribution in [2.75, 3.05) is 10.6 Å². The molecule has 26 heavy (non-hydrogen) atoms. The van der Waals surface area contributed by atoms with Gasteiger partial charge in [0.15, 0.2) is 5.11 Å². The summed E-state index contributed by atoms with van der Waals surface area (Å²) >= 11 is 5.35. The topological polar surface area (TPSA) is 41.9 Å². The average Bonchev–Trinajstić information content (AvgIpc) is 2.84. The van der Waals surface area contributed by atoms with Gasteiger partial charge in [-0.1, -0.05) is 35.9 Å². The minimum Gasteiger partial charge on any atom is -0.332 e. The Hall–Kier alpha value is -2.73. The highest BCUT2D eigenvalue weighted by atomic mass is 32.1. The van der Waals surface area contributed by atoms with Gasteiger partial charge in [0.1, 0.15) is 5.82 Å². The zero-order chi connectivity index (χ0) is 18.7. The fraction of sp³-hybridized carbons (Fsp3) is 0.200. The Morgan fingerprint density at radius 3 is 2.50 bits per heavy atom. The Kier molecular flexibility index (Phi) is 5.32. The molecule has 0 atom stereocenters. The number of benzene rings is 2. The van der Waals surface area contributed by atoms with E-state index >= 15 is 0 Å². The molecule has 0 fully saturated rings. The molecule has 0 amide bonds. The molecular formula is C20H21FN4S. The summed E-state index contributed by atoms with van der Waals surface area (Å²) in [5, 5.41) is 11.2. The van der Waals surface area contributed by atoms with E-state index in [1.54, 1.807) is 12.1 Å². The third kappa shape index (κ3) is 4.26. The van der Waals surface area contributed by atoms with E-state index in [2.05, 4.69) is 46.9 Å². The SMILES string of the molecule is Cc1ccc(Cn2nc(C)c(NC(=S)Nc3cccc(F)c3)c2C)cc1. The standard InChI is InChI=1S/C20H21FN4S/c1-13-7-9-16(10-8-13)12-25-15(3)19(14(2)24-25)23-20(26)22-18-6-4-5-17(21)11-18/h4-11H,12H2,1-3H3,(H2,22,23,26). The molecule has 0 aliphatic heterocycles. The van der Waals surface area contributed by atoms with Gasteiger partial charge >= 0.3 is 0 Å². The van der Waals surface area contributed by atoms with Crippen LogP contribution in [0, 0.1) is 26.6 Å². The van der Waals surface area contributed by atoms with E-state index in [0.29, 0.717) is 17.3 Å². The van der Waals surface area contributed by atoms with Crippen LogP contribution >= 0.6 is 12.2 Å². The maximum atomic E-state index is 13.3. The number of aryl methyl sites for hydroxylation is 2. The number of hydrogen-bond donors (Lipinski definition) is 2. The van der Waals surface area contributed by atoms with Crippen molar-refractivity contribution in [2.24, 2.45) is 0 Å². The van der Waals surface area contributed by atoms with Gasteiger partial charge in [-0.3, -0.25) is 4.68 Å². The Morgan fingerprint density at radius 1 is 1.08 bits per heavy atom. The third-order valence-corrected chi connectivity index (χ3v) is 4.36. The van der Waals surface area contributed by atoms with Crippen LogP contribution in [-0.2, 0) is 6.54 Å². The van der Waals surface area contributed by atoms with E-state index in [0.717, 1.165) is 17.1 Å². The second kappa shape index (κ2) is 7.66. The van der Waals surface area contributed by atoms with E-state index in [1.165, 1.54) is 23.3 Å². The lowest BCUT2D eigenvalue weighted by Gasteiger charge is -2.11. The lowest BCUT2D eigenvalue weighted by molar-refractivity contribution is 0.628. The lowest BCUT2D eigenvalue weighted by Crippen LogP contribution is -2.20. The average molecular weight is 368 g/mol. The van der Waals surface area contributed by atoms with E-state index in [1.807, 2.05) is 18.5 Å². The van der Waals surface area contributed by atoms with E-state index in [9.17, 15) is 4.39 Å². The molecule has 0 spiro atoms. The van der Waals surface area contributed by atoms with Crippen LogP contribution in [0.5, 0.6) is 0 Å². The number of hydrogen-bond acceptors (Lipinski definition) is 2. The molecule has 0 unspecified atom stereocenters. The van der Waals surface area contributed by atoms with Crippen molar-refractivity contribution < 1.29 is 4.39 Å². The third-order valence-electron chi connectivity index (χ3n) is 4.16. The normalized spacial score (nSPS) is 10.6. The first kappa shape index (κ1) is 18.1. The first-order chi connectivity index (χ1) is 12.4. The summed E-state index contributed by atoms with van der Waals surface area (Å²) in [6, 6.07) is 14.6. The van der Waals surface area contributed by atoms with Gasteiger partial charge in [-0.25, -0.2) is 4.39 Å². The highest BCUT2D eigenvalue weighted by Crippen LogP contribution is 2.21. The number of thiocarbonyl (C=S) groups is 1. The van der Waals surface area contributed by atoms with Gasteiger partial charge in [-0.2, -0.15) is 5.10 Å². The summed E-state index contributed by atoms with van der Waals surface area (Å²) in [5.74, 6) is -0.309. The van der Waals surface area contributed by atoms with Crippen molar-refractivity contribution in [1.82, 2.24) is 9.78 Å². The molecular weight excluding hydrogens is 347 g/mol. The fourth-order valence-electron chi connectivity index (χ4n) is 2.74. The van der Waals surface area contributed by atoms with Crippen LogP contribution in [0.2, 0.25) is 0 Å². The summed E-state index contributed by atoms with van der Waals surface area (Å²) in [7, 11) is 0. The van der Waals surface area contributed by atoms with Crippen molar-refractivity contribution >= 4 is 28.7 Å². The molecule has 2 N–H and O–H groups in total. The first-order valence-electron chi connectivity index (χ1n) is 8.35. The monoisotopic (exact) mass is 368 g/mol. The minimum absolute atomic E-state index is 0.309. The number of aromatic nitrogens is 2. The summed E-state index contributed by atoms with van der Waals surface area (Å²) < 4.78 is 15.2. The maximum absolute atomic E-state index is 13.3. The van der Waals surface area contributed by atoms with Gasteiger partial charge in [-0.15, -0.1) is 0 Å². The van der Waals surface area contributed by atoms with Crippen LogP contribution in [0.15, 0.2) is 48.5 Å². The molecule has 4 nitrogen and oxygen atoms in total. The number of nitrogens with zero attached hydrogens (tertiary/aromatic N) is 2. The summed E-state index contributed by atoms with van der Waals surface area (Å²) in [4.78, 5) is 0. The molecule has 2 aromatic carbocycles. The van der Waals surface area contributed by atoms with Crippen LogP contribution < -0.4 is 10.6 Å². The molecule has 0 aliphatic carbocycles. The van der Waals surface area contributed by atoms with Crippen LogP contribution in [0.25, 0.3) is 0 Å². The van der Waals surface area contributed by atoms with Crippen molar-refractivity contribution in [2.45, 2.75) is 27.3 Å². The lowest BCUT2D eigenvalue weighted by atomic mass is 10.1. The Morgan fingerprint density at radius 2 is 1.81 bits per heavy atom. The van der Waals surface area contributed by atoms with Crippen molar-refractivity contribution in [3.8, 4) is 0 Å². The zero-order valence-corrected chi connectivity index (χ0v) is 15.8. The van der Waals surface area contributed by atoms with Crippen LogP contribution in [0.3, 0.4) is 0 Å². The van der Waals surface area contributed by atoms with Gasteiger partial charge in [0, 0.05) is 5.69 Å². The zero-order valence-electron chi connectivity index (χ0n) is 15.0. The van der Waals surface area contributed by atoms with Crippen LogP contribution in [-0.4, -0.2) is 14.9 Å². The Bertz CT molecular complexity index is 931. The summed E-state index contributed by atoms with van der Waals surface area (Å²) in [5.41, 5.74) is 5.74. The Balaban J connectivity index is 1.73. The van der Waals surface area contributed by atoms with Crippen molar-refractivity contribution in [3.63, 3.8) is 0 Å². The maximum Gasteiger partial charge on any atom is 0.175 e. The highest BCUT2D eigenvalue weighted by molar-refractivity contribution is 7.80. The van der Waals surface area contributed by atoms with Gasteiger partial charge in [0.2, 0.25) is 0 Å². The fourth-order valence-corrected chi connectivity index (χ4v) is 2.96. The van der Waals surface area contributed by atoms with E-state index in [4.69, 9.17) is 12.2 Å².